The van der Waals surface area contributed by atoms with Gasteiger partial charge in [-0.05, 0) is 25.5 Å². The Morgan fingerprint density at radius 3 is 2.61 bits per heavy atom. The van der Waals surface area contributed by atoms with Gasteiger partial charge in [0, 0.05) is 12.7 Å². The predicted molar refractivity (Wildman–Crippen MR) is 63.3 cm³/mol. The molecular formula is C12H17F3N2O. The Bertz CT molecular complexity index is 391. The summed E-state index contributed by atoms with van der Waals surface area (Å²) in [6.07, 6.45) is -1.92. The van der Waals surface area contributed by atoms with Crippen LogP contribution in [0, 0.1) is 0 Å². The third-order valence-corrected chi connectivity index (χ3v) is 2.53. The van der Waals surface area contributed by atoms with E-state index in [4.69, 9.17) is 0 Å². The number of pyridine rings is 1. The third kappa shape index (κ3) is 4.52. The summed E-state index contributed by atoms with van der Waals surface area (Å²) >= 11 is 0. The summed E-state index contributed by atoms with van der Waals surface area (Å²) < 4.78 is 37.4. The second kappa shape index (κ2) is 5.56. The number of hydrogen-bond donors (Lipinski definition) is 2. The summed E-state index contributed by atoms with van der Waals surface area (Å²) in [4.78, 5) is 3.79. The van der Waals surface area contributed by atoms with Crippen molar-refractivity contribution in [3.8, 4) is 0 Å². The SMILES string of the molecule is CCCC(C)(O)CNc1cc(C(F)(F)F)ccn1. The molecule has 18 heavy (non-hydrogen) atoms. The zero-order chi connectivity index (χ0) is 13.8. The molecule has 0 saturated heterocycles. The maximum absolute atomic E-state index is 12.5. The van der Waals surface area contributed by atoms with Crippen LogP contribution in [0.3, 0.4) is 0 Å². The molecule has 1 rings (SSSR count). The molecule has 0 aliphatic carbocycles. The second-order valence-electron chi connectivity index (χ2n) is 4.53. The van der Waals surface area contributed by atoms with E-state index in [2.05, 4.69) is 10.3 Å². The highest BCUT2D eigenvalue weighted by Crippen LogP contribution is 2.30. The molecule has 0 spiro atoms. The molecule has 2 N–H and O–H groups in total. The van der Waals surface area contributed by atoms with Crippen molar-refractivity contribution >= 4 is 5.82 Å². The van der Waals surface area contributed by atoms with Crippen LogP contribution in [0.4, 0.5) is 19.0 Å². The van der Waals surface area contributed by atoms with Crippen molar-refractivity contribution in [2.75, 3.05) is 11.9 Å². The normalized spacial score (nSPS) is 15.2. The number of nitrogens with zero attached hydrogens (tertiary/aromatic N) is 1. The Kier molecular flexibility index (Phi) is 4.56. The first kappa shape index (κ1) is 14.8. The van der Waals surface area contributed by atoms with E-state index >= 15 is 0 Å². The highest BCUT2D eigenvalue weighted by molar-refractivity contribution is 5.38. The van der Waals surface area contributed by atoms with Gasteiger partial charge in [0.1, 0.15) is 5.82 Å². The molecule has 1 aromatic heterocycles. The summed E-state index contributed by atoms with van der Waals surface area (Å²) in [6, 6.07) is 1.84. The minimum absolute atomic E-state index is 0.112. The monoisotopic (exact) mass is 262 g/mol. The standard InChI is InChI=1S/C12H17F3N2O/c1-3-5-11(2,18)8-17-10-7-9(4-6-16-10)12(13,14)15/h4,6-7,18H,3,5,8H2,1-2H3,(H,16,17). The quantitative estimate of drug-likeness (QED) is 0.857. The van der Waals surface area contributed by atoms with Gasteiger partial charge in [-0.1, -0.05) is 13.3 Å². The largest absolute Gasteiger partial charge is 0.416 e. The molecule has 102 valence electrons. The third-order valence-electron chi connectivity index (χ3n) is 2.53. The van der Waals surface area contributed by atoms with Gasteiger partial charge < -0.3 is 10.4 Å². The Labute approximate surface area is 104 Å². The molecule has 0 aliphatic rings. The minimum atomic E-state index is -4.38. The first-order valence-corrected chi connectivity index (χ1v) is 5.74. The van der Waals surface area contributed by atoms with Gasteiger partial charge in [0.05, 0.1) is 11.2 Å². The lowest BCUT2D eigenvalue weighted by Gasteiger charge is -2.23. The lowest BCUT2D eigenvalue weighted by atomic mass is 10.0. The molecule has 0 fully saturated rings. The maximum atomic E-state index is 12.5. The van der Waals surface area contributed by atoms with Gasteiger partial charge in [-0.3, -0.25) is 0 Å². The van der Waals surface area contributed by atoms with Crippen molar-refractivity contribution in [2.45, 2.75) is 38.5 Å². The van der Waals surface area contributed by atoms with Crippen LogP contribution in [0.25, 0.3) is 0 Å². The highest BCUT2D eigenvalue weighted by Gasteiger charge is 2.30. The number of alkyl halides is 3. The van der Waals surface area contributed by atoms with Crippen molar-refractivity contribution < 1.29 is 18.3 Å². The van der Waals surface area contributed by atoms with E-state index in [9.17, 15) is 18.3 Å². The molecule has 0 radical (unpaired) electrons. The molecule has 0 aromatic carbocycles. The second-order valence-corrected chi connectivity index (χ2v) is 4.53. The summed E-state index contributed by atoms with van der Waals surface area (Å²) in [5, 5.41) is 12.6. The Hall–Kier alpha value is -1.30. The van der Waals surface area contributed by atoms with Crippen LogP contribution in [0.1, 0.15) is 32.3 Å². The minimum Gasteiger partial charge on any atom is -0.388 e. The average molecular weight is 262 g/mol. The highest BCUT2D eigenvalue weighted by atomic mass is 19.4. The van der Waals surface area contributed by atoms with Crippen LogP contribution >= 0.6 is 0 Å². The van der Waals surface area contributed by atoms with Gasteiger partial charge in [0.2, 0.25) is 0 Å². The van der Waals surface area contributed by atoms with E-state index in [1.165, 1.54) is 0 Å². The summed E-state index contributed by atoms with van der Waals surface area (Å²) in [5.74, 6) is 0.112. The molecule has 6 heteroatoms. The molecule has 0 saturated carbocycles. The average Bonchev–Trinajstić information content (AvgIpc) is 2.26. The zero-order valence-corrected chi connectivity index (χ0v) is 10.4. The van der Waals surface area contributed by atoms with Crippen LogP contribution in [0.2, 0.25) is 0 Å². The fourth-order valence-corrected chi connectivity index (χ4v) is 1.61. The van der Waals surface area contributed by atoms with E-state index in [1.54, 1.807) is 6.92 Å². The first-order chi connectivity index (χ1) is 8.24. The molecule has 0 amide bonds. The van der Waals surface area contributed by atoms with Crippen molar-refractivity contribution in [3.05, 3.63) is 23.9 Å². The Morgan fingerprint density at radius 1 is 1.39 bits per heavy atom. The van der Waals surface area contributed by atoms with E-state index in [1.807, 2.05) is 6.92 Å². The molecule has 1 aromatic rings. The number of anilines is 1. The van der Waals surface area contributed by atoms with Gasteiger partial charge in [-0.2, -0.15) is 13.2 Å². The molecule has 1 atom stereocenters. The van der Waals surface area contributed by atoms with Crippen molar-refractivity contribution in [1.82, 2.24) is 4.98 Å². The topological polar surface area (TPSA) is 45.1 Å². The number of aliphatic hydroxyl groups is 1. The zero-order valence-electron chi connectivity index (χ0n) is 10.4. The smallest absolute Gasteiger partial charge is 0.388 e. The number of rotatable bonds is 5. The Morgan fingerprint density at radius 2 is 2.06 bits per heavy atom. The van der Waals surface area contributed by atoms with Crippen LogP contribution in [-0.2, 0) is 6.18 Å². The van der Waals surface area contributed by atoms with E-state index < -0.39 is 17.3 Å². The van der Waals surface area contributed by atoms with Gasteiger partial charge in [0.25, 0.3) is 0 Å². The molecule has 0 aliphatic heterocycles. The molecule has 0 bridgehead atoms. The van der Waals surface area contributed by atoms with Gasteiger partial charge in [0.15, 0.2) is 0 Å². The molecule has 1 unspecified atom stereocenters. The number of aromatic nitrogens is 1. The number of halogens is 3. The van der Waals surface area contributed by atoms with Crippen LogP contribution in [0.15, 0.2) is 18.3 Å². The maximum Gasteiger partial charge on any atom is 0.416 e. The number of nitrogens with one attached hydrogen (secondary N) is 1. The van der Waals surface area contributed by atoms with Gasteiger partial charge in [-0.25, -0.2) is 4.98 Å². The van der Waals surface area contributed by atoms with Crippen molar-refractivity contribution in [2.24, 2.45) is 0 Å². The summed E-state index contributed by atoms with van der Waals surface area (Å²) in [6.45, 7) is 3.73. The lowest BCUT2D eigenvalue weighted by Crippen LogP contribution is -2.33. The van der Waals surface area contributed by atoms with Crippen LogP contribution < -0.4 is 5.32 Å². The van der Waals surface area contributed by atoms with Gasteiger partial charge >= 0.3 is 6.18 Å². The van der Waals surface area contributed by atoms with Crippen LogP contribution in [-0.4, -0.2) is 22.2 Å². The number of hydrogen-bond acceptors (Lipinski definition) is 3. The van der Waals surface area contributed by atoms with Crippen molar-refractivity contribution in [3.63, 3.8) is 0 Å². The van der Waals surface area contributed by atoms with E-state index in [0.29, 0.717) is 6.42 Å². The first-order valence-electron chi connectivity index (χ1n) is 5.74. The van der Waals surface area contributed by atoms with Gasteiger partial charge in [-0.15, -0.1) is 0 Å². The van der Waals surface area contributed by atoms with E-state index in [0.717, 1.165) is 24.8 Å². The molecule has 1 heterocycles. The predicted octanol–water partition coefficient (Wildman–Crippen LogP) is 3.06. The van der Waals surface area contributed by atoms with Crippen LogP contribution in [0.5, 0.6) is 0 Å². The molecule has 3 nitrogen and oxygen atoms in total. The lowest BCUT2D eigenvalue weighted by molar-refractivity contribution is -0.137. The Balaban J connectivity index is 2.69. The summed E-state index contributed by atoms with van der Waals surface area (Å²) in [7, 11) is 0. The summed E-state index contributed by atoms with van der Waals surface area (Å²) in [5.41, 5.74) is -1.71. The fraction of sp³-hybridized carbons (Fsp3) is 0.583. The van der Waals surface area contributed by atoms with Crippen molar-refractivity contribution in [1.29, 1.82) is 0 Å². The fourth-order valence-electron chi connectivity index (χ4n) is 1.61. The van der Waals surface area contributed by atoms with E-state index in [-0.39, 0.29) is 12.4 Å². The molecular weight excluding hydrogens is 245 g/mol.